The summed E-state index contributed by atoms with van der Waals surface area (Å²) >= 11 is 3.36. The monoisotopic (exact) mass is 309 g/mol. The average molecular weight is 310 g/mol. The number of unbranched alkanes of at least 4 members (excludes halogenated alkanes) is 5. The Kier molecular flexibility index (Phi) is 7.52. The van der Waals surface area contributed by atoms with Gasteiger partial charge in [0.15, 0.2) is 0 Å². The molecule has 0 saturated carbocycles. The van der Waals surface area contributed by atoms with E-state index in [1.54, 1.807) is 0 Å². The molecule has 2 nitrogen and oxygen atoms in total. The molecule has 18 heavy (non-hydrogen) atoms. The summed E-state index contributed by atoms with van der Waals surface area (Å²) in [6, 6.07) is 7.76. The van der Waals surface area contributed by atoms with Crippen molar-refractivity contribution in [2.45, 2.75) is 45.4 Å². The van der Waals surface area contributed by atoms with Gasteiger partial charge in [-0.15, -0.1) is 0 Å². The minimum absolute atomic E-state index is 0.587. The Labute approximate surface area is 118 Å². The molecular weight excluding hydrogens is 290 g/mol. The fraction of sp³-hybridized carbons (Fsp3) is 0.533. The molecule has 0 fully saturated rings. The molecular formula is C15H20BrNO. The summed E-state index contributed by atoms with van der Waals surface area (Å²) < 4.78 is 6.46. The Bertz CT molecular complexity index is 398. The molecule has 0 atom stereocenters. The van der Waals surface area contributed by atoms with Crippen LogP contribution in [0.15, 0.2) is 22.7 Å². The van der Waals surface area contributed by atoms with Crippen LogP contribution in [0.5, 0.6) is 5.75 Å². The van der Waals surface area contributed by atoms with Gasteiger partial charge in [0.1, 0.15) is 17.4 Å². The SMILES string of the molecule is CCCCCCCCOc1cccc(Br)c1C#N. The molecule has 3 heteroatoms. The number of rotatable bonds is 8. The van der Waals surface area contributed by atoms with Crippen LogP contribution < -0.4 is 4.74 Å². The van der Waals surface area contributed by atoms with Gasteiger partial charge in [-0.05, 0) is 34.5 Å². The molecule has 1 rings (SSSR count). The topological polar surface area (TPSA) is 33.0 Å². The number of halogens is 1. The van der Waals surface area contributed by atoms with E-state index in [9.17, 15) is 0 Å². The summed E-state index contributed by atoms with van der Waals surface area (Å²) in [5.74, 6) is 0.681. The second-order valence-electron chi connectivity index (χ2n) is 4.34. The van der Waals surface area contributed by atoms with E-state index in [1.165, 1.54) is 32.1 Å². The van der Waals surface area contributed by atoms with E-state index >= 15 is 0 Å². The molecule has 0 aromatic heterocycles. The van der Waals surface area contributed by atoms with E-state index in [-0.39, 0.29) is 0 Å². The van der Waals surface area contributed by atoms with Crippen LogP contribution in [0.1, 0.15) is 51.0 Å². The summed E-state index contributed by atoms with van der Waals surface area (Å²) in [5, 5.41) is 9.04. The number of nitriles is 1. The first kappa shape index (κ1) is 15.0. The zero-order chi connectivity index (χ0) is 13.2. The van der Waals surface area contributed by atoms with E-state index in [0.717, 1.165) is 10.9 Å². The lowest BCUT2D eigenvalue weighted by Crippen LogP contribution is -1.99. The number of hydrogen-bond acceptors (Lipinski definition) is 2. The maximum Gasteiger partial charge on any atom is 0.138 e. The lowest BCUT2D eigenvalue weighted by Gasteiger charge is -2.08. The highest BCUT2D eigenvalue weighted by Gasteiger charge is 2.06. The van der Waals surface area contributed by atoms with Gasteiger partial charge >= 0.3 is 0 Å². The first-order valence-electron chi connectivity index (χ1n) is 6.61. The van der Waals surface area contributed by atoms with Crippen LogP contribution in [0.4, 0.5) is 0 Å². The highest BCUT2D eigenvalue weighted by molar-refractivity contribution is 9.10. The summed E-state index contributed by atoms with van der Waals surface area (Å²) in [5.41, 5.74) is 0.587. The molecule has 1 aromatic rings. The summed E-state index contributed by atoms with van der Waals surface area (Å²) in [7, 11) is 0. The maximum atomic E-state index is 9.04. The first-order chi connectivity index (χ1) is 8.79. The zero-order valence-corrected chi connectivity index (χ0v) is 12.5. The Morgan fingerprint density at radius 2 is 1.89 bits per heavy atom. The lowest BCUT2D eigenvalue weighted by atomic mass is 10.1. The lowest BCUT2D eigenvalue weighted by molar-refractivity contribution is 0.303. The highest BCUT2D eigenvalue weighted by Crippen LogP contribution is 2.25. The van der Waals surface area contributed by atoms with Crippen molar-refractivity contribution in [1.82, 2.24) is 0 Å². The Morgan fingerprint density at radius 1 is 1.17 bits per heavy atom. The zero-order valence-electron chi connectivity index (χ0n) is 10.9. The number of hydrogen-bond donors (Lipinski definition) is 0. The number of benzene rings is 1. The molecule has 0 spiro atoms. The minimum Gasteiger partial charge on any atom is -0.492 e. The van der Waals surface area contributed by atoms with Gasteiger partial charge in [-0.3, -0.25) is 0 Å². The largest absolute Gasteiger partial charge is 0.492 e. The molecule has 0 heterocycles. The molecule has 0 unspecified atom stereocenters. The van der Waals surface area contributed by atoms with Gasteiger partial charge in [-0.25, -0.2) is 0 Å². The highest BCUT2D eigenvalue weighted by atomic mass is 79.9. The van der Waals surface area contributed by atoms with E-state index in [4.69, 9.17) is 10.00 Å². The predicted octanol–water partition coefficient (Wildman–Crippen LogP) is 5.06. The predicted molar refractivity (Wildman–Crippen MR) is 77.7 cm³/mol. The van der Waals surface area contributed by atoms with Crippen molar-refractivity contribution in [3.05, 3.63) is 28.2 Å². The molecule has 0 aliphatic carbocycles. The quantitative estimate of drug-likeness (QED) is 0.629. The van der Waals surface area contributed by atoms with Crippen molar-refractivity contribution in [2.75, 3.05) is 6.61 Å². The van der Waals surface area contributed by atoms with Gasteiger partial charge in [0, 0.05) is 4.47 Å². The third-order valence-corrected chi connectivity index (χ3v) is 3.50. The Morgan fingerprint density at radius 3 is 2.61 bits per heavy atom. The standard InChI is InChI=1S/C15H20BrNO/c1-2-3-4-5-6-7-11-18-15-10-8-9-14(16)13(15)12-17/h8-10H,2-7,11H2,1H3. The normalized spacial score (nSPS) is 10.1. The van der Waals surface area contributed by atoms with Gasteiger partial charge in [0.25, 0.3) is 0 Å². The smallest absolute Gasteiger partial charge is 0.138 e. The van der Waals surface area contributed by atoms with E-state index in [1.807, 2.05) is 18.2 Å². The first-order valence-corrected chi connectivity index (χ1v) is 7.40. The van der Waals surface area contributed by atoms with Crippen LogP contribution in [0.25, 0.3) is 0 Å². The molecule has 0 aliphatic rings. The second-order valence-corrected chi connectivity index (χ2v) is 5.20. The van der Waals surface area contributed by atoms with Gasteiger partial charge in [0.2, 0.25) is 0 Å². The Hall–Kier alpha value is -1.01. The van der Waals surface area contributed by atoms with Gasteiger partial charge in [-0.1, -0.05) is 45.1 Å². The molecule has 0 radical (unpaired) electrons. The van der Waals surface area contributed by atoms with Crippen molar-refractivity contribution in [1.29, 1.82) is 5.26 Å². The molecule has 0 N–H and O–H groups in total. The number of nitrogens with zero attached hydrogens (tertiary/aromatic N) is 1. The summed E-state index contributed by atoms with van der Waals surface area (Å²) in [4.78, 5) is 0. The van der Waals surface area contributed by atoms with Crippen LogP contribution in [-0.2, 0) is 0 Å². The van der Waals surface area contributed by atoms with Crippen LogP contribution >= 0.6 is 15.9 Å². The summed E-state index contributed by atoms with van der Waals surface area (Å²) in [6.07, 6.45) is 7.46. The molecule has 1 aromatic carbocycles. The third-order valence-electron chi connectivity index (χ3n) is 2.84. The minimum atomic E-state index is 0.587. The van der Waals surface area contributed by atoms with Crippen LogP contribution in [0.2, 0.25) is 0 Å². The van der Waals surface area contributed by atoms with Crippen molar-refractivity contribution >= 4 is 15.9 Å². The molecule has 0 saturated heterocycles. The van der Waals surface area contributed by atoms with Crippen molar-refractivity contribution < 1.29 is 4.74 Å². The fourth-order valence-corrected chi connectivity index (χ4v) is 2.23. The summed E-state index contributed by atoms with van der Waals surface area (Å²) in [6.45, 7) is 2.91. The third kappa shape index (κ3) is 5.10. The van der Waals surface area contributed by atoms with E-state index in [2.05, 4.69) is 28.9 Å². The second kappa shape index (κ2) is 8.99. The molecule has 0 aliphatic heterocycles. The van der Waals surface area contributed by atoms with E-state index in [0.29, 0.717) is 17.9 Å². The maximum absolute atomic E-state index is 9.04. The van der Waals surface area contributed by atoms with Crippen molar-refractivity contribution in [3.63, 3.8) is 0 Å². The number of ether oxygens (including phenoxy) is 1. The van der Waals surface area contributed by atoms with Crippen LogP contribution in [0.3, 0.4) is 0 Å². The van der Waals surface area contributed by atoms with Crippen molar-refractivity contribution in [3.8, 4) is 11.8 Å². The fourth-order valence-electron chi connectivity index (χ4n) is 1.80. The average Bonchev–Trinajstić information content (AvgIpc) is 2.38. The molecule has 0 amide bonds. The Balaban J connectivity index is 2.28. The molecule has 0 bridgehead atoms. The van der Waals surface area contributed by atoms with Gasteiger partial charge in [-0.2, -0.15) is 5.26 Å². The van der Waals surface area contributed by atoms with Crippen LogP contribution in [-0.4, -0.2) is 6.61 Å². The molecule has 98 valence electrons. The van der Waals surface area contributed by atoms with Crippen molar-refractivity contribution in [2.24, 2.45) is 0 Å². The van der Waals surface area contributed by atoms with E-state index < -0.39 is 0 Å². The van der Waals surface area contributed by atoms with Crippen LogP contribution in [0, 0.1) is 11.3 Å². The van der Waals surface area contributed by atoms with Gasteiger partial charge < -0.3 is 4.74 Å². The van der Waals surface area contributed by atoms with Gasteiger partial charge in [0.05, 0.1) is 6.61 Å².